The summed E-state index contributed by atoms with van der Waals surface area (Å²) in [6.07, 6.45) is 9.32. The fourth-order valence-electron chi connectivity index (χ4n) is 4.05. The molecule has 1 heterocycles. The second-order valence-corrected chi connectivity index (χ2v) is 9.76. The van der Waals surface area contributed by atoms with Crippen molar-refractivity contribution < 1.29 is 24.9 Å². The van der Waals surface area contributed by atoms with Crippen LogP contribution in [0.1, 0.15) is 93.3 Å². The van der Waals surface area contributed by atoms with Crippen molar-refractivity contribution in [3.05, 3.63) is 58.9 Å². The highest BCUT2D eigenvalue weighted by atomic mass is 16.5. The number of hydrogen-bond acceptors (Lipinski definition) is 7. The lowest BCUT2D eigenvalue weighted by molar-refractivity contribution is -0.121. The molecule has 38 heavy (non-hydrogen) atoms. The third kappa shape index (κ3) is 13.3. The number of aliphatic hydroxyl groups is 2. The molecule has 0 saturated carbocycles. The van der Waals surface area contributed by atoms with E-state index in [0.29, 0.717) is 25.2 Å². The first-order valence-corrected chi connectivity index (χ1v) is 14.1. The van der Waals surface area contributed by atoms with Crippen LogP contribution in [0.5, 0.6) is 5.75 Å². The van der Waals surface area contributed by atoms with Crippen LogP contribution in [-0.4, -0.2) is 52.5 Å². The maximum absolute atomic E-state index is 11.7. The number of carbonyl (C=O) groups excluding carboxylic acids is 1. The number of hydrogen-bond donors (Lipinski definition) is 5. The highest BCUT2D eigenvalue weighted by molar-refractivity contribution is 5.75. The maximum atomic E-state index is 11.7. The van der Waals surface area contributed by atoms with Crippen LogP contribution in [0.15, 0.2) is 36.4 Å². The Morgan fingerprint density at radius 2 is 1.66 bits per heavy atom. The summed E-state index contributed by atoms with van der Waals surface area (Å²) in [6, 6.07) is 11.5. The number of rotatable bonds is 21. The topological polar surface area (TPSA) is 124 Å². The molecule has 0 aliphatic carbocycles. The van der Waals surface area contributed by atoms with Gasteiger partial charge in [0.1, 0.15) is 17.5 Å². The molecule has 5 N–H and O–H groups in total. The van der Waals surface area contributed by atoms with E-state index in [1.807, 2.05) is 0 Å². The van der Waals surface area contributed by atoms with E-state index in [-0.39, 0.29) is 24.0 Å². The zero-order chi connectivity index (χ0) is 27.4. The third-order valence-corrected chi connectivity index (χ3v) is 6.47. The Kier molecular flexibility index (Phi) is 16.3. The quantitative estimate of drug-likeness (QED) is 0.153. The van der Waals surface area contributed by atoms with Crippen LogP contribution in [0.2, 0.25) is 0 Å². The van der Waals surface area contributed by atoms with E-state index in [4.69, 9.17) is 9.84 Å². The van der Waals surface area contributed by atoms with Gasteiger partial charge in [0.2, 0.25) is 5.91 Å². The Morgan fingerprint density at radius 1 is 0.947 bits per heavy atom. The van der Waals surface area contributed by atoms with Crippen LogP contribution in [0.3, 0.4) is 0 Å². The van der Waals surface area contributed by atoms with E-state index in [2.05, 4.69) is 46.8 Å². The van der Waals surface area contributed by atoms with E-state index in [1.54, 1.807) is 6.07 Å². The summed E-state index contributed by atoms with van der Waals surface area (Å²) < 4.78 is 5.78. The van der Waals surface area contributed by atoms with Gasteiger partial charge in [-0.05, 0) is 68.3 Å². The van der Waals surface area contributed by atoms with Gasteiger partial charge < -0.3 is 30.7 Å². The molecule has 0 radical (unpaired) electrons. The lowest BCUT2D eigenvalue weighted by atomic mass is 10.1. The molecule has 0 fully saturated rings. The molecule has 8 heteroatoms. The predicted octanol–water partition coefficient (Wildman–Crippen LogP) is 4.31. The minimum absolute atomic E-state index is 0.0658. The van der Waals surface area contributed by atoms with Crippen molar-refractivity contribution in [1.29, 1.82) is 0 Å². The first-order chi connectivity index (χ1) is 18.5. The average molecular weight is 530 g/mol. The van der Waals surface area contributed by atoms with Crippen molar-refractivity contribution in [3.8, 4) is 5.75 Å². The summed E-state index contributed by atoms with van der Waals surface area (Å²) in [7, 11) is 0. The SMILES string of the molecule is CCCCC(=O)NCc1ccc(CCCCOCCCCCCNCC(O)c2ccc(O)c(CO)n2)cc1. The van der Waals surface area contributed by atoms with Gasteiger partial charge >= 0.3 is 0 Å². The summed E-state index contributed by atoms with van der Waals surface area (Å²) >= 11 is 0. The fraction of sp³-hybridized carbons (Fsp3) is 0.600. The van der Waals surface area contributed by atoms with Gasteiger partial charge in [0.25, 0.3) is 0 Å². The van der Waals surface area contributed by atoms with E-state index < -0.39 is 6.10 Å². The van der Waals surface area contributed by atoms with Crippen LogP contribution in [0, 0.1) is 0 Å². The number of aliphatic hydroxyl groups excluding tert-OH is 2. The molecule has 0 saturated heterocycles. The molecular weight excluding hydrogens is 482 g/mol. The number of unbranched alkanes of at least 4 members (excludes halogenated alkanes) is 5. The Balaban J connectivity index is 1.40. The molecule has 0 bridgehead atoms. The Bertz CT molecular complexity index is 907. The van der Waals surface area contributed by atoms with Crippen molar-refractivity contribution >= 4 is 5.91 Å². The highest BCUT2D eigenvalue weighted by Gasteiger charge is 2.11. The summed E-state index contributed by atoms with van der Waals surface area (Å²) in [4.78, 5) is 15.8. The number of nitrogens with one attached hydrogen (secondary N) is 2. The largest absolute Gasteiger partial charge is 0.506 e. The number of ether oxygens (including phenoxy) is 1. The van der Waals surface area contributed by atoms with Gasteiger partial charge in [0.05, 0.1) is 12.3 Å². The summed E-state index contributed by atoms with van der Waals surface area (Å²) in [5.41, 5.74) is 3.07. The molecule has 0 aliphatic heterocycles. The van der Waals surface area contributed by atoms with Gasteiger partial charge in [-0.15, -0.1) is 0 Å². The van der Waals surface area contributed by atoms with Crippen molar-refractivity contribution in [1.82, 2.24) is 15.6 Å². The standard InChI is InChI=1S/C30H47N3O5/c1-2-3-11-30(37)32-21-25-14-12-24(13-15-25)10-6-9-20-38-19-8-5-4-7-18-31-22-29(36)26-16-17-28(35)27(23-34)33-26/h12-17,29,31,34-36H,2-11,18-23H2,1H3,(H,32,37). The molecule has 1 atom stereocenters. The second kappa shape index (κ2) is 19.5. The number of aromatic hydroxyl groups is 1. The first-order valence-electron chi connectivity index (χ1n) is 14.1. The van der Waals surface area contributed by atoms with Gasteiger partial charge in [-0.25, -0.2) is 4.98 Å². The normalized spacial score (nSPS) is 12.0. The molecule has 2 rings (SSSR count). The molecule has 1 aromatic carbocycles. The lowest BCUT2D eigenvalue weighted by Crippen LogP contribution is -2.23. The minimum atomic E-state index is -0.775. The van der Waals surface area contributed by atoms with Gasteiger partial charge in [-0.3, -0.25) is 4.79 Å². The molecule has 212 valence electrons. The van der Waals surface area contributed by atoms with Crippen molar-refractivity contribution in [3.63, 3.8) is 0 Å². The Labute approximate surface area is 227 Å². The molecule has 0 spiro atoms. The van der Waals surface area contributed by atoms with Crippen LogP contribution < -0.4 is 10.6 Å². The molecule has 8 nitrogen and oxygen atoms in total. The van der Waals surface area contributed by atoms with Crippen molar-refractivity contribution in [2.75, 3.05) is 26.3 Å². The molecule has 2 aromatic rings. The number of benzene rings is 1. The van der Waals surface area contributed by atoms with E-state index in [0.717, 1.165) is 83.1 Å². The van der Waals surface area contributed by atoms with Gasteiger partial charge in [0, 0.05) is 32.7 Å². The maximum Gasteiger partial charge on any atom is 0.220 e. The van der Waals surface area contributed by atoms with E-state index in [9.17, 15) is 15.0 Å². The molecular formula is C30H47N3O5. The van der Waals surface area contributed by atoms with Crippen LogP contribution in [-0.2, 0) is 29.1 Å². The van der Waals surface area contributed by atoms with Crippen LogP contribution in [0.4, 0.5) is 0 Å². The van der Waals surface area contributed by atoms with Crippen LogP contribution in [0.25, 0.3) is 0 Å². The highest BCUT2D eigenvalue weighted by Crippen LogP contribution is 2.18. The minimum Gasteiger partial charge on any atom is -0.506 e. The summed E-state index contributed by atoms with van der Waals surface area (Å²) in [6.45, 7) is 5.12. The number of carbonyl (C=O) groups is 1. The Hall–Kier alpha value is -2.52. The number of amides is 1. The van der Waals surface area contributed by atoms with Crippen molar-refractivity contribution in [2.45, 2.75) is 90.4 Å². The van der Waals surface area contributed by atoms with Gasteiger partial charge in [-0.1, -0.05) is 50.5 Å². The van der Waals surface area contributed by atoms with E-state index in [1.165, 1.54) is 11.6 Å². The summed E-state index contributed by atoms with van der Waals surface area (Å²) in [5.74, 6) is 0.0627. The Morgan fingerprint density at radius 3 is 2.39 bits per heavy atom. The zero-order valence-corrected chi connectivity index (χ0v) is 23.0. The first kappa shape index (κ1) is 31.7. The number of aromatic nitrogens is 1. The smallest absolute Gasteiger partial charge is 0.220 e. The third-order valence-electron chi connectivity index (χ3n) is 6.47. The molecule has 1 aromatic heterocycles. The van der Waals surface area contributed by atoms with Crippen molar-refractivity contribution in [2.24, 2.45) is 0 Å². The fourth-order valence-corrected chi connectivity index (χ4v) is 4.05. The second-order valence-electron chi connectivity index (χ2n) is 9.76. The predicted molar refractivity (Wildman–Crippen MR) is 150 cm³/mol. The van der Waals surface area contributed by atoms with Crippen LogP contribution >= 0.6 is 0 Å². The average Bonchev–Trinajstić information content (AvgIpc) is 2.94. The zero-order valence-electron chi connectivity index (χ0n) is 23.0. The lowest BCUT2D eigenvalue weighted by Gasteiger charge is -2.13. The van der Waals surface area contributed by atoms with Gasteiger partial charge in [0.15, 0.2) is 0 Å². The van der Waals surface area contributed by atoms with E-state index >= 15 is 0 Å². The monoisotopic (exact) mass is 529 g/mol. The van der Waals surface area contributed by atoms with Gasteiger partial charge in [-0.2, -0.15) is 0 Å². The molecule has 1 amide bonds. The molecule has 1 unspecified atom stereocenters. The number of pyridine rings is 1. The molecule has 0 aliphatic rings. The number of aryl methyl sites for hydroxylation is 1. The summed E-state index contributed by atoms with van der Waals surface area (Å²) in [5, 5.41) is 35.1. The number of nitrogens with zero attached hydrogens (tertiary/aromatic N) is 1.